The van der Waals surface area contributed by atoms with Crippen molar-refractivity contribution >= 4 is 52.1 Å². The number of unbranched alkanes of at least 4 members (excludes halogenated alkanes) is 1. The van der Waals surface area contributed by atoms with Crippen LogP contribution in [0.2, 0.25) is 10.0 Å². The maximum absolute atomic E-state index is 11.6. The maximum atomic E-state index is 11.6. The molecule has 1 aromatic rings. The number of hydrogen-bond donors (Lipinski definition) is 3. The van der Waals surface area contributed by atoms with Crippen LogP contribution >= 0.6 is 35.4 Å². The number of hydrogen-bond acceptors (Lipinski definition) is 2. The number of rotatable bonds is 6. The highest BCUT2D eigenvalue weighted by atomic mass is 35.5. The summed E-state index contributed by atoms with van der Waals surface area (Å²) in [5, 5.41) is 6.30. The van der Waals surface area contributed by atoms with Gasteiger partial charge in [0.1, 0.15) is 0 Å². The van der Waals surface area contributed by atoms with Gasteiger partial charge in [-0.15, -0.1) is 0 Å². The quantitative estimate of drug-likeness (QED) is 0.554. The van der Waals surface area contributed by atoms with E-state index in [2.05, 4.69) is 10.6 Å². The van der Waals surface area contributed by atoms with E-state index in [1.54, 1.807) is 18.2 Å². The van der Waals surface area contributed by atoms with Crippen molar-refractivity contribution in [3.63, 3.8) is 0 Å². The zero-order valence-electron chi connectivity index (χ0n) is 10.2. The van der Waals surface area contributed by atoms with E-state index >= 15 is 0 Å². The summed E-state index contributed by atoms with van der Waals surface area (Å²) in [7, 11) is 0. The van der Waals surface area contributed by atoms with Gasteiger partial charge in [0, 0.05) is 11.6 Å². The molecule has 0 spiro atoms. The van der Waals surface area contributed by atoms with Crippen molar-refractivity contribution in [2.24, 2.45) is 5.73 Å². The Labute approximate surface area is 127 Å². The lowest BCUT2D eigenvalue weighted by atomic mass is 10.2. The third-order valence-corrected chi connectivity index (χ3v) is 3.08. The van der Waals surface area contributed by atoms with Gasteiger partial charge >= 0.3 is 6.03 Å². The molecule has 0 aliphatic rings. The van der Waals surface area contributed by atoms with Gasteiger partial charge in [-0.3, -0.25) is 0 Å². The van der Waals surface area contributed by atoms with Gasteiger partial charge < -0.3 is 16.4 Å². The Morgan fingerprint density at radius 2 is 2.05 bits per heavy atom. The summed E-state index contributed by atoms with van der Waals surface area (Å²) in [6.45, 7) is 0.548. The maximum Gasteiger partial charge on any atom is 0.319 e. The fourth-order valence-corrected chi connectivity index (χ4v) is 1.87. The topological polar surface area (TPSA) is 67.1 Å². The Hall–Kier alpha value is -1.04. The minimum Gasteiger partial charge on any atom is -0.393 e. The number of nitrogens with one attached hydrogen (secondary N) is 2. The second-order valence-electron chi connectivity index (χ2n) is 3.93. The fraction of sp³-hybridized carbons (Fsp3) is 0.333. The van der Waals surface area contributed by atoms with E-state index < -0.39 is 0 Å². The van der Waals surface area contributed by atoms with Crippen molar-refractivity contribution < 1.29 is 4.79 Å². The van der Waals surface area contributed by atoms with E-state index in [9.17, 15) is 4.79 Å². The SMILES string of the molecule is NC(=S)CCCCNC(=O)Nc1cc(Cl)ccc1Cl. The van der Waals surface area contributed by atoms with Crippen molar-refractivity contribution in [3.05, 3.63) is 28.2 Å². The molecule has 0 radical (unpaired) electrons. The normalized spacial score (nSPS) is 10.0. The summed E-state index contributed by atoms with van der Waals surface area (Å²) in [6.07, 6.45) is 2.36. The van der Waals surface area contributed by atoms with E-state index in [0.717, 1.165) is 12.8 Å². The highest BCUT2D eigenvalue weighted by Crippen LogP contribution is 2.25. The monoisotopic (exact) mass is 319 g/mol. The molecule has 0 aromatic heterocycles. The molecule has 0 fully saturated rings. The first kappa shape index (κ1) is 16.0. The van der Waals surface area contributed by atoms with Crippen LogP contribution in [0.15, 0.2) is 18.2 Å². The van der Waals surface area contributed by atoms with Gasteiger partial charge in [0.15, 0.2) is 0 Å². The largest absolute Gasteiger partial charge is 0.393 e. The number of benzene rings is 1. The predicted molar refractivity (Wildman–Crippen MR) is 84.1 cm³/mol. The first-order valence-corrected chi connectivity index (χ1v) is 6.93. The predicted octanol–water partition coefficient (Wildman–Crippen LogP) is 3.57. The van der Waals surface area contributed by atoms with Crippen LogP contribution < -0.4 is 16.4 Å². The fourth-order valence-electron chi connectivity index (χ4n) is 1.39. The molecular weight excluding hydrogens is 305 g/mol. The number of anilines is 1. The summed E-state index contributed by atoms with van der Waals surface area (Å²) in [5.74, 6) is 0. The molecule has 0 saturated heterocycles. The number of carbonyl (C=O) groups excluding carboxylic acids is 1. The van der Waals surface area contributed by atoms with Crippen LogP contribution in [0.3, 0.4) is 0 Å². The third-order valence-electron chi connectivity index (χ3n) is 2.31. The lowest BCUT2D eigenvalue weighted by Gasteiger charge is -2.09. The summed E-state index contributed by atoms with van der Waals surface area (Å²) in [5.41, 5.74) is 5.85. The summed E-state index contributed by atoms with van der Waals surface area (Å²) >= 11 is 16.5. The van der Waals surface area contributed by atoms with E-state index in [4.69, 9.17) is 41.2 Å². The van der Waals surface area contributed by atoms with Crippen LogP contribution in [-0.4, -0.2) is 17.6 Å². The number of carbonyl (C=O) groups is 1. The molecule has 104 valence electrons. The van der Waals surface area contributed by atoms with Gasteiger partial charge in [-0.05, 0) is 37.5 Å². The Morgan fingerprint density at radius 1 is 1.32 bits per heavy atom. The molecule has 0 heterocycles. The molecule has 2 amide bonds. The smallest absolute Gasteiger partial charge is 0.319 e. The highest BCUT2D eigenvalue weighted by molar-refractivity contribution is 7.80. The molecule has 0 saturated carbocycles. The minimum absolute atomic E-state index is 0.320. The second-order valence-corrected chi connectivity index (χ2v) is 5.30. The molecule has 7 heteroatoms. The van der Waals surface area contributed by atoms with Crippen molar-refractivity contribution in [2.45, 2.75) is 19.3 Å². The lowest BCUT2D eigenvalue weighted by molar-refractivity contribution is 0.252. The van der Waals surface area contributed by atoms with Gasteiger partial charge in [-0.1, -0.05) is 35.4 Å². The Bertz CT molecular complexity index is 468. The van der Waals surface area contributed by atoms with E-state index in [1.165, 1.54) is 0 Å². The first-order valence-electron chi connectivity index (χ1n) is 5.77. The van der Waals surface area contributed by atoms with Crippen molar-refractivity contribution in [3.8, 4) is 0 Å². The van der Waals surface area contributed by atoms with Crippen LogP contribution in [0.5, 0.6) is 0 Å². The summed E-state index contributed by atoms with van der Waals surface area (Å²) in [4.78, 5) is 12.1. The molecule has 1 aromatic carbocycles. The number of amides is 2. The lowest BCUT2D eigenvalue weighted by Crippen LogP contribution is -2.29. The number of thiocarbonyl (C=S) groups is 1. The summed E-state index contributed by atoms with van der Waals surface area (Å²) < 4.78 is 0. The molecule has 0 aliphatic heterocycles. The van der Waals surface area contributed by atoms with Crippen molar-refractivity contribution in [1.29, 1.82) is 0 Å². The van der Waals surface area contributed by atoms with E-state index in [1.807, 2.05) is 0 Å². The molecule has 0 unspecified atom stereocenters. The Balaban J connectivity index is 2.31. The van der Waals surface area contributed by atoms with Gasteiger partial charge in [0.05, 0.1) is 15.7 Å². The Kier molecular flexibility index (Phi) is 6.91. The van der Waals surface area contributed by atoms with Crippen LogP contribution in [0, 0.1) is 0 Å². The zero-order valence-corrected chi connectivity index (χ0v) is 12.5. The highest BCUT2D eigenvalue weighted by Gasteiger charge is 2.05. The Morgan fingerprint density at radius 3 is 2.74 bits per heavy atom. The zero-order chi connectivity index (χ0) is 14.3. The van der Waals surface area contributed by atoms with Gasteiger partial charge in [-0.25, -0.2) is 4.79 Å². The molecule has 0 aliphatic carbocycles. The standard InChI is InChI=1S/C12H15Cl2N3OS/c13-8-4-5-9(14)10(7-8)17-12(18)16-6-2-1-3-11(15)19/h4-5,7H,1-3,6H2,(H2,15,19)(H2,16,17,18). The van der Waals surface area contributed by atoms with Gasteiger partial charge in [-0.2, -0.15) is 0 Å². The summed E-state index contributed by atoms with van der Waals surface area (Å²) in [6, 6.07) is 4.56. The van der Waals surface area contributed by atoms with Crippen LogP contribution in [-0.2, 0) is 0 Å². The molecular formula is C12H15Cl2N3OS. The van der Waals surface area contributed by atoms with E-state index in [0.29, 0.717) is 33.7 Å². The van der Waals surface area contributed by atoms with Gasteiger partial charge in [0.2, 0.25) is 0 Å². The molecule has 4 nitrogen and oxygen atoms in total. The van der Waals surface area contributed by atoms with Crippen LogP contribution in [0.4, 0.5) is 10.5 Å². The molecule has 1 rings (SSSR count). The van der Waals surface area contributed by atoms with Crippen LogP contribution in [0.25, 0.3) is 0 Å². The average Bonchev–Trinajstić information content (AvgIpc) is 2.33. The minimum atomic E-state index is -0.320. The van der Waals surface area contributed by atoms with E-state index in [-0.39, 0.29) is 6.03 Å². The van der Waals surface area contributed by atoms with Crippen molar-refractivity contribution in [1.82, 2.24) is 5.32 Å². The molecule has 4 N–H and O–H groups in total. The second kappa shape index (κ2) is 8.19. The molecule has 0 atom stereocenters. The molecule has 19 heavy (non-hydrogen) atoms. The van der Waals surface area contributed by atoms with Crippen molar-refractivity contribution in [2.75, 3.05) is 11.9 Å². The number of halogens is 2. The molecule has 0 bridgehead atoms. The number of urea groups is 1. The number of nitrogens with two attached hydrogens (primary N) is 1. The van der Waals surface area contributed by atoms with Gasteiger partial charge in [0.25, 0.3) is 0 Å². The third kappa shape index (κ3) is 6.61. The first-order chi connectivity index (χ1) is 8.99. The van der Waals surface area contributed by atoms with Crippen LogP contribution in [0.1, 0.15) is 19.3 Å². The average molecular weight is 320 g/mol.